The van der Waals surface area contributed by atoms with Crippen molar-refractivity contribution in [1.82, 2.24) is 4.90 Å². The van der Waals surface area contributed by atoms with Gasteiger partial charge in [-0.25, -0.2) is 0 Å². The molecule has 8 nitrogen and oxygen atoms in total. The van der Waals surface area contributed by atoms with Crippen LogP contribution < -0.4 is 0 Å². The fourth-order valence-electron chi connectivity index (χ4n) is 1.57. The minimum atomic E-state index is -1.05. The first-order valence-electron chi connectivity index (χ1n) is 5.82. The topological polar surface area (TPSA) is 121 Å². The fourth-order valence-corrected chi connectivity index (χ4v) is 1.57. The Hall–Kier alpha value is -2.48. The monoisotopic (exact) mass is 282 g/mol. The number of hydrogen-bond acceptors (Lipinski definition) is 5. The van der Waals surface area contributed by atoms with Crippen LogP contribution in [-0.2, 0) is 4.79 Å². The van der Waals surface area contributed by atoms with Crippen molar-refractivity contribution in [1.29, 1.82) is 0 Å². The van der Waals surface area contributed by atoms with Crippen LogP contribution in [0.5, 0.6) is 0 Å². The number of carboxylic acids is 1. The molecule has 0 saturated heterocycles. The van der Waals surface area contributed by atoms with Crippen LogP contribution in [0.2, 0.25) is 0 Å². The van der Waals surface area contributed by atoms with Gasteiger partial charge in [-0.2, -0.15) is 0 Å². The molecule has 1 aromatic carbocycles. The summed E-state index contributed by atoms with van der Waals surface area (Å²) in [7, 11) is 0. The van der Waals surface area contributed by atoms with Gasteiger partial charge in [0.25, 0.3) is 11.6 Å². The number of amides is 1. The molecule has 1 rings (SSSR count). The lowest BCUT2D eigenvalue weighted by Crippen LogP contribution is -2.35. The number of nitro benzene ring substituents is 1. The highest BCUT2D eigenvalue weighted by molar-refractivity contribution is 5.94. The van der Waals surface area contributed by atoms with E-state index in [4.69, 9.17) is 10.2 Å². The second-order valence-corrected chi connectivity index (χ2v) is 3.96. The highest BCUT2D eigenvalue weighted by Gasteiger charge is 2.17. The number of rotatable bonds is 7. The van der Waals surface area contributed by atoms with Crippen molar-refractivity contribution in [3.8, 4) is 0 Å². The first-order valence-corrected chi connectivity index (χ1v) is 5.82. The SMILES string of the molecule is O=C(O)CCN(CCO)C(=O)c1ccc([N+](=O)[O-])cc1. The summed E-state index contributed by atoms with van der Waals surface area (Å²) in [6, 6.07) is 4.99. The summed E-state index contributed by atoms with van der Waals surface area (Å²) in [5.41, 5.74) is 0.0650. The highest BCUT2D eigenvalue weighted by atomic mass is 16.6. The van der Waals surface area contributed by atoms with Crippen LogP contribution in [-0.4, -0.2) is 51.6 Å². The molecule has 0 bridgehead atoms. The van der Waals surface area contributed by atoms with Crippen LogP contribution in [0.4, 0.5) is 5.69 Å². The molecular weight excluding hydrogens is 268 g/mol. The van der Waals surface area contributed by atoms with Crippen molar-refractivity contribution < 1.29 is 24.7 Å². The van der Waals surface area contributed by atoms with Crippen LogP contribution in [0.3, 0.4) is 0 Å². The molecule has 1 aromatic rings. The number of nitrogens with zero attached hydrogens (tertiary/aromatic N) is 2. The van der Waals surface area contributed by atoms with E-state index >= 15 is 0 Å². The van der Waals surface area contributed by atoms with E-state index in [1.807, 2.05) is 0 Å². The number of carboxylic acid groups (broad SMARTS) is 1. The molecule has 0 unspecified atom stereocenters. The predicted molar refractivity (Wildman–Crippen MR) is 68.3 cm³/mol. The van der Waals surface area contributed by atoms with Gasteiger partial charge in [0, 0.05) is 30.8 Å². The molecule has 0 aromatic heterocycles. The minimum Gasteiger partial charge on any atom is -0.481 e. The molecule has 0 radical (unpaired) electrons. The molecule has 0 saturated carbocycles. The third-order valence-corrected chi connectivity index (χ3v) is 2.58. The Labute approximate surface area is 114 Å². The molecular formula is C12H14N2O6. The van der Waals surface area contributed by atoms with Gasteiger partial charge in [-0.1, -0.05) is 0 Å². The number of aliphatic hydroxyl groups is 1. The van der Waals surface area contributed by atoms with Crippen molar-refractivity contribution >= 4 is 17.6 Å². The summed E-state index contributed by atoms with van der Waals surface area (Å²) in [5.74, 6) is -1.53. The smallest absolute Gasteiger partial charge is 0.305 e. The van der Waals surface area contributed by atoms with Crippen molar-refractivity contribution in [2.75, 3.05) is 19.7 Å². The van der Waals surface area contributed by atoms with Gasteiger partial charge >= 0.3 is 5.97 Å². The first-order chi connectivity index (χ1) is 9.45. The Morgan fingerprint density at radius 3 is 2.25 bits per heavy atom. The first kappa shape index (κ1) is 15.6. The predicted octanol–water partition coefficient (Wildman–Crippen LogP) is 0.504. The van der Waals surface area contributed by atoms with Crippen LogP contribution in [0.1, 0.15) is 16.8 Å². The summed E-state index contributed by atoms with van der Waals surface area (Å²) < 4.78 is 0. The van der Waals surface area contributed by atoms with Gasteiger partial charge in [-0.15, -0.1) is 0 Å². The molecule has 0 spiro atoms. The van der Waals surface area contributed by atoms with Crippen molar-refractivity contribution in [2.45, 2.75) is 6.42 Å². The van der Waals surface area contributed by atoms with Gasteiger partial charge in [0.1, 0.15) is 0 Å². The number of benzene rings is 1. The Bertz CT molecular complexity index is 499. The molecule has 108 valence electrons. The van der Waals surface area contributed by atoms with Crippen molar-refractivity contribution in [3.05, 3.63) is 39.9 Å². The summed E-state index contributed by atoms with van der Waals surface area (Å²) in [4.78, 5) is 33.7. The summed E-state index contributed by atoms with van der Waals surface area (Å²) in [6.07, 6.45) is -0.237. The quantitative estimate of drug-likeness (QED) is 0.555. The number of hydrogen-bond donors (Lipinski definition) is 2. The van der Waals surface area contributed by atoms with Crippen molar-refractivity contribution in [2.24, 2.45) is 0 Å². The summed E-state index contributed by atoms with van der Waals surface area (Å²) in [6.45, 7) is -0.326. The maximum Gasteiger partial charge on any atom is 0.305 e. The van der Waals surface area contributed by atoms with E-state index in [0.29, 0.717) is 0 Å². The standard InChI is InChI=1S/C12H14N2O6/c15-8-7-13(6-5-11(16)17)12(18)9-1-3-10(4-2-9)14(19)20/h1-4,15H,5-8H2,(H,16,17). The van der Waals surface area contributed by atoms with E-state index in [9.17, 15) is 19.7 Å². The van der Waals surface area contributed by atoms with Crippen LogP contribution in [0.15, 0.2) is 24.3 Å². The van der Waals surface area contributed by atoms with Gasteiger partial charge in [-0.05, 0) is 12.1 Å². The Morgan fingerprint density at radius 2 is 1.80 bits per heavy atom. The Kier molecular flexibility index (Phi) is 5.60. The number of nitro groups is 1. The number of aliphatic carboxylic acids is 1. The lowest BCUT2D eigenvalue weighted by molar-refractivity contribution is -0.384. The Morgan fingerprint density at radius 1 is 1.20 bits per heavy atom. The zero-order valence-electron chi connectivity index (χ0n) is 10.6. The Balaban J connectivity index is 2.82. The molecule has 0 fully saturated rings. The molecule has 0 heterocycles. The summed E-state index contributed by atoms with van der Waals surface area (Å²) in [5, 5.41) is 28.0. The third-order valence-electron chi connectivity index (χ3n) is 2.58. The van der Waals surface area contributed by atoms with Crippen molar-refractivity contribution in [3.63, 3.8) is 0 Å². The molecule has 2 N–H and O–H groups in total. The van der Waals surface area contributed by atoms with E-state index in [1.165, 1.54) is 29.2 Å². The average molecular weight is 282 g/mol. The lowest BCUT2D eigenvalue weighted by Gasteiger charge is -2.20. The summed E-state index contributed by atoms with van der Waals surface area (Å²) >= 11 is 0. The number of carbonyl (C=O) groups is 2. The third kappa shape index (κ3) is 4.32. The molecule has 1 amide bonds. The zero-order valence-corrected chi connectivity index (χ0v) is 10.6. The zero-order chi connectivity index (χ0) is 15.1. The number of carbonyl (C=O) groups excluding carboxylic acids is 1. The van der Waals surface area contributed by atoms with E-state index in [0.717, 1.165) is 0 Å². The normalized spacial score (nSPS) is 10.1. The molecule has 0 aliphatic carbocycles. The molecule has 8 heteroatoms. The number of non-ortho nitro benzene ring substituents is 1. The molecule has 0 aliphatic rings. The minimum absolute atomic E-state index is 0.00308. The largest absolute Gasteiger partial charge is 0.481 e. The van der Waals surface area contributed by atoms with E-state index in [2.05, 4.69) is 0 Å². The number of aliphatic hydroxyl groups excluding tert-OH is 1. The van der Waals surface area contributed by atoms with E-state index < -0.39 is 16.8 Å². The van der Waals surface area contributed by atoms with Gasteiger partial charge in [0.2, 0.25) is 0 Å². The second kappa shape index (κ2) is 7.19. The van der Waals surface area contributed by atoms with Gasteiger partial charge in [0.05, 0.1) is 18.0 Å². The molecule has 0 aliphatic heterocycles. The van der Waals surface area contributed by atoms with E-state index in [1.54, 1.807) is 0 Å². The van der Waals surface area contributed by atoms with Crippen LogP contribution in [0, 0.1) is 10.1 Å². The average Bonchev–Trinajstić information content (AvgIpc) is 2.42. The van der Waals surface area contributed by atoms with Gasteiger partial charge < -0.3 is 15.1 Å². The molecule has 0 atom stereocenters. The maximum atomic E-state index is 12.1. The van der Waals surface area contributed by atoms with Gasteiger partial charge in [-0.3, -0.25) is 19.7 Å². The molecule has 20 heavy (non-hydrogen) atoms. The lowest BCUT2D eigenvalue weighted by atomic mass is 10.1. The van der Waals surface area contributed by atoms with E-state index in [-0.39, 0.29) is 37.4 Å². The van der Waals surface area contributed by atoms with Crippen LogP contribution in [0.25, 0.3) is 0 Å². The van der Waals surface area contributed by atoms with Crippen LogP contribution >= 0.6 is 0 Å². The second-order valence-electron chi connectivity index (χ2n) is 3.96. The fraction of sp³-hybridized carbons (Fsp3) is 0.333. The highest BCUT2D eigenvalue weighted by Crippen LogP contribution is 2.13. The maximum absolute atomic E-state index is 12.1. The van der Waals surface area contributed by atoms with Gasteiger partial charge in [0.15, 0.2) is 0 Å².